The van der Waals surface area contributed by atoms with E-state index >= 15 is 0 Å². The van der Waals surface area contributed by atoms with Crippen LogP contribution in [0.4, 0.5) is 10.5 Å². The summed E-state index contributed by atoms with van der Waals surface area (Å²) in [5.41, 5.74) is 2.87. The maximum atomic E-state index is 12.3. The number of hydrogen-bond donors (Lipinski definition) is 3. The lowest BCUT2D eigenvalue weighted by Gasteiger charge is -2.19. The standard InChI is InChI=1S/C21H24ClN3O2/c1-2-14-5-3-4-6-18(14)24-19(26)13-23-21(27)25-20(15-7-8-15)16-9-11-17(22)12-10-16/h3-6,9-12,15,20H,2,7-8,13H2,1H3,(H,24,26)(H2,23,25,27). The topological polar surface area (TPSA) is 70.2 Å². The van der Waals surface area contributed by atoms with Gasteiger partial charge in [-0.2, -0.15) is 0 Å². The minimum Gasteiger partial charge on any atom is -0.331 e. The Bertz CT molecular complexity index is 803. The lowest BCUT2D eigenvalue weighted by molar-refractivity contribution is -0.115. The lowest BCUT2D eigenvalue weighted by Crippen LogP contribution is -2.42. The molecule has 2 aromatic carbocycles. The Hall–Kier alpha value is -2.53. The van der Waals surface area contributed by atoms with Crippen LogP contribution in [-0.2, 0) is 11.2 Å². The van der Waals surface area contributed by atoms with Gasteiger partial charge in [-0.1, -0.05) is 48.9 Å². The van der Waals surface area contributed by atoms with Crippen LogP contribution in [0.25, 0.3) is 0 Å². The van der Waals surface area contributed by atoms with Crippen molar-refractivity contribution in [2.45, 2.75) is 32.2 Å². The number of carbonyl (C=O) groups is 2. The van der Waals surface area contributed by atoms with Gasteiger partial charge in [-0.25, -0.2) is 4.79 Å². The van der Waals surface area contributed by atoms with E-state index in [9.17, 15) is 9.59 Å². The zero-order valence-electron chi connectivity index (χ0n) is 15.3. The molecule has 3 N–H and O–H groups in total. The van der Waals surface area contributed by atoms with Crippen LogP contribution in [0.1, 0.15) is 36.9 Å². The van der Waals surface area contributed by atoms with E-state index in [2.05, 4.69) is 16.0 Å². The number of hydrogen-bond acceptors (Lipinski definition) is 2. The molecule has 2 aromatic rings. The van der Waals surface area contributed by atoms with Gasteiger partial charge in [-0.05, 0) is 54.5 Å². The number of amides is 3. The van der Waals surface area contributed by atoms with Crippen molar-refractivity contribution >= 4 is 29.2 Å². The van der Waals surface area contributed by atoms with Crippen LogP contribution >= 0.6 is 11.6 Å². The molecule has 0 aromatic heterocycles. The van der Waals surface area contributed by atoms with Crippen LogP contribution < -0.4 is 16.0 Å². The molecule has 142 valence electrons. The number of benzene rings is 2. The zero-order chi connectivity index (χ0) is 19.2. The summed E-state index contributed by atoms with van der Waals surface area (Å²) < 4.78 is 0. The molecular formula is C21H24ClN3O2. The normalized spacial score (nSPS) is 14.3. The van der Waals surface area contributed by atoms with Crippen molar-refractivity contribution in [2.24, 2.45) is 5.92 Å². The highest BCUT2D eigenvalue weighted by atomic mass is 35.5. The third-order valence-electron chi connectivity index (χ3n) is 4.69. The summed E-state index contributed by atoms with van der Waals surface area (Å²) in [7, 11) is 0. The quantitative estimate of drug-likeness (QED) is 0.665. The Balaban J connectivity index is 1.52. The van der Waals surface area contributed by atoms with Crippen molar-refractivity contribution in [1.29, 1.82) is 0 Å². The molecule has 3 amide bonds. The Morgan fingerprint density at radius 3 is 2.48 bits per heavy atom. The van der Waals surface area contributed by atoms with E-state index in [-0.39, 0.29) is 24.5 Å². The first-order chi connectivity index (χ1) is 13.1. The minimum atomic E-state index is -0.347. The highest BCUT2D eigenvalue weighted by molar-refractivity contribution is 6.30. The average molecular weight is 386 g/mol. The van der Waals surface area contributed by atoms with Gasteiger partial charge in [0.25, 0.3) is 0 Å². The molecule has 1 saturated carbocycles. The smallest absolute Gasteiger partial charge is 0.315 e. The molecule has 6 heteroatoms. The largest absolute Gasteiger partial charge is 0.331 e. The molecule has 0 saturated heterocycles. The monoisotopic (exact) mass is 385 g/mol. The Labute approximate surface area is 164 Å². The lowest BCUT2D eigenvalue weighted by atomic mass is 10.0. The second-order valence-corrected chi connectivity index (χ2v) is 7.19. The van der Waals surface area contributed by atoms with Crippen molar-refractivity contribution < 1.29 is 9.59 Å². The summed E-state index contributed by atoms with van der Waals surface area (Å²) in [6, 6.07) is 14.8. The third kappa shape index (κ3) is 5.47. The molecule has 3 rings (SSSR count). The average Bonchev–Trinajstić information content (AvgIpc) is 3.51. The number of halogens is 1. The van der Waals surface area contributed by atoms with E-state index in [0.717, 1.165) is 36.1 Å². The number of anilines is 1. The second kappa shape index (κ2) is 8.91. The summed E-state index contributed by atoms with van der Waals surface area (Å²) in [6.45, 7) is 1.95. The predicted molar refractivity (Wildman–Crippen MR) is 108 cm³/mol. The van der Waals surface area contributed by atoms with Gasteiger partial charge in [0.1, 0.15) is 0 Å². The summed E-state index contributed by atoms with van der Waals surface area (Å²) in [4.78, 5) is 24.4. The molecule has 27 heavy (non-hydrogen) atoms. The minimum absolute atomic E-state index is 0.0638. The van der Waals surface area contributed by atoms with Crippen LogP contribution in [0.3, 0.4) is 0 Å². The SMILES string of the molecule is CCc1ccccc1NC(=O)CNC(=O)NC(c1ccc(Cl)cc1)C1CC1. The van der Waals surface area contributed by atoms with Gasteiger partial charge in [0.05, 0.1) is 12.6 Å². The van der Waals surface area contributed by atoms with Crippen molar-refractivity contribution in [3.05, 3.63) is 64.7 Å². The van der Waals surface area contributed by atoms with E-state index in [0.29, 0.717) is 10.9 Å². The maximum absolute atomic E-state index is 12.3. The van der Waals surface area contributed by atoms with Crippen LogP contribution in [0.5, 0.6) is 0 Å². The Morgan fingerprint density at radius 1 is 1.11 bits per heavy atom. The summed E-state index contributed by atoms with van der Waals surface area (Å²) in [5, 5.41) is 9.15. The fraction of sp³-hybridized carbons (Fsp3) is 0.333. The van der Waals surface area contributed by atoms with Crippen molar-refractivity contribution in [3.63, 3.8) is 0 Å². The van der Waals surface area contributed by atoms with Gasteiger partial charge in [-0.15, -0.1) is 0 Å². The molecule has 1 fully saturated rings. The fourth-order valence-corrected chi connectivity index (χ4v) is 3.20. The first kappa shape index (κ1) is 19.2. The number of urea groups is 1. The molecule has 1 unspecified atom stereocenters. The molecule has 5 nitrogen and oxygen atoms in total. The van der Waals surface area contributed by atoms with Crippen molar-refractivity contribution in [1.82, 2.24) is 10.6 Å². The maximum Gasteiger partial charge on any atom is 0.315 e. The van der Waals surface area contributed by atoms with Gasteiger partial charge in [0.2, 0.25) is 5.91 Å². The molecule has 0 radical (unpaired) electrons. The van der Waals surface area contributed by atoms with Crippen molar-refractivity contribution in [3.8, 4) is 0 Å². The number of rotatable bonds is 7. The van der Waals surface area contributed by atoms with E-state index < -0.39 is 0 Å². The van der Waals surface area contributed by atoms with Gasteiger partial charge in [-0.3, -0.25) is 4.79 Å². The van der Waals surface area contributed by atoms with E-state index in [4.69, 9.17) is 11.6 Å². The molecular weight excluding hydrogens is 362 g/mol. The van der Waals surface area contributed by atoms with Gasteiger partial charge in [0, 0.05) is 10.7 Å². The number of para-hydroxylation sites is 1. The number of carbonyl (C=O) groups excluding carboxylic acids is 2. The van der Waals surface area contributed by atoms with Gasteiger partial charge >= 0.3 is 6.03 Å². The number of aryl methyl sites for hydroxylation is 1. The van der Waals surface area contributed by atoms with E-state index in [1.165, 1.54) is 0 Å². The highest BCUT2D eigenvalue weighted by Gasteiger charge is 2.33. The molecule has 1 aliphatic rings. The predicted octanol–water partition coefficient (Wildman–Crippen LogP) is 4.29. The molecule has 0 aliphatic heterocycles. The van der Waals surface area contributed by atoms with Crippen LogP contribution in [0.2, 0.25) is 5.02 Å². The second-order valence-electron chi connectivity index (χ2n) is 6.75. The van der Waals surface area contributed by atoms with Gasteiger partial charge < -0.3 is 16.0 Å². The van der Waals surface area contributed by atoms with Crippen LogP contribution in [0.15, 0.2) is 48.5 Å². The fourth-order valence-electron chi connectivity index (χ4n) is 3.07. The summed E-state index contributed by atoms with van der Waals surface area (Å²) in [5.74, 6) is 0.183. The Kier molecular flexibility index (Phi) is 6.35. The van der Waals surface area contributed by atoms with Crippen LogP contribution in [-0.4, -0.2) is 18.5 Å². The third-order valence-corrected chi connectivity index (χ3v) is 4.94. The molecule has 1 atom stereocenters. The first-order valence-electron chi connectivity index (χ1n) is 9.24. The van der Waals surface area contributed by atoms with Gasteiger partial charge in [0.15, 0.2) is 0 Å². The summed E-state index contributed by atoms with van der Waals surface area (Å²) in [6.07, 6.45) is 3.00. The van der Waals surface area contributed by atoms with Crippen molar-refractivity contribution in [2.75, 3.05) is 11.9 Å². The highest BCUT2D eigenvalue weighted by Crippen LogP contribution is 2.41. The molecule has 0 spiro atoms. The zero-order valence-corrected chi connectivity index (χ0v) is 16.1. The molecule has 0 heterocycles. The van der Waals surface area contributed by atoms with E-state index in [1.54, 1.807) is 0 Å². The Morgan fingerprint density at radius 2 is 1.81 bits per heavy atom. The summed E-state index contributed by atoms with van der Waals surface area (Å²) >= 11 is 5.95. The molecule has 0 bridgehead atoms. The number of nitrogens with one attached hydrogen (secondary N) is 3. The van der Waals surface area contributed by atoms with E-state index in [1.807, 2.05) is 55.5 Å². The van der Waals surface area contributed by atoms with Crippen LogP contribution in [0, 0.1) is 5.92 Å². The first-order valence-corrected chi connectivity index (χ1v) is 9.62. The molecule has 1 aliphatic carbocycles.